The van der Waals surface area contributed by atoms with Gasteiger partial charge < -0.3 is 39.8 Å². The quantitative estimate of drug-likeness (QED) is 0.114. The van der Waals surface area contributed by atoms with Gasteiger partial charge in [-0.2, -0.15) is 0 Å². The highest BCUT2D eigenvalue weighted by Crippen LogP contribution is 2.58. The first-order valence-electron chi connectivity index (χ1n) is 21.8. The van der Waals surface area contributed by atoms with E-state index in [1.807, 2.05) is 26.2 Å². The number of carbonyl (C=O) groups excluding carboxylic acids is 4. The molecule has 2 saturated heterocycles. The van der Waals surface area contributed by atoms with Gasteiger partial charge in [0.1, 0.15) is 17.9 Å². The van der Waals surface area contributed by atoms with Crippen LogP contribution in [0.3, 0.4) is 0 Å². The summed E-state index contributed by atoms with van der Waals surface area (Å²) in [5, 5.41) is 4.64. The minimum Gasteiger partial charge on any atom is -0.453 e. The summed E-state index contributed by atoms with van der Waals surface area (Å²) in [6, 6.07) is 13.7. The van der Waals surface area contributed by atoms with E-state index in [9.17, 15) is 19.2 Å². The number of H-pyrrole nitrogens is 2. The van der Waals surface area contributed by atoms with Crippen LogP contribution in [0.4, 0.5) is 9.59 Å². The second-order valence-corrected chi connectivity index (χ2v) is 17.4. The highest BCUT2D eigenvalue weighted by Gasteiger charge is 2.41. The molecule has 0 radical (unpaired) electrons. The fourth-order valence-electron chi connectivity index (χ4n) is 9.36. The lowest BCUT2D eigenvalue weighted by Crippen LogP contribution is -2.39. The lowest BCUT2D eigenvalue weighted by atomic mass is 9.82. The number of nitrogens with zero attached hydrogens (tertiary/aromatic N) is 4. The first kappa shape index (κ1) is 45.0. The van der Waals surface area contributed by atoms with Crippen molar-refractivity contribution in [3.63, 3.8) is 0 Å². The van der Waals surface area contributed by atoms with Crippen molar-refractivity contribution in [1.29, 1.82) is 0 Å². The van der Waals surface area contributed by atoms with Crippen LogP contribution in [0, 0.1) is 11.8 Å². The maximum Gasteiger partial charge on any atom is 0.407 e. The lowest BCUT2D eigenvalue weighted by Gasteiger charge is -2.24. The molecule has 4 heterocycles. The van der Waals surface area contributed by atoms with E-state index >= 15 is 0 Å². The maximum atomic E-state index is 13.0. The molecular formula is C47H64N8O6. The smallest absolute Gasteiger partial charge is 0.407 e. The largest absolute Gasteiger partial charge is 0.453 e. The lowest BCUT2D eigenvalue weighted by molar-refractivity contribution is -0.133. The van der Waals surface area contributed by atoms with Gasteiger partial charge in [0.15, 0.2) is 0 Å². The molecule has 14 heteroatoms. The molecule has 8 rings (SSSR count). The number of benzene rings is 2. The van der Waals surface area contributed by atoms with E-state index in [0.29, 0.717) is 36.5 Å². The number of alkyl carbamates (subject to hydrolysis) is 2. The Kier molecular flexibility index (Phi) is 15.0. The van der Waals surface area contributed by atoms with Crippen molar-refractivity contribution in [2.45, 2.75) is 109 Å². The topological polar surface area (TPSA) is 175 Å². The molecule has 2 aromatic heterocycles. The Bertz CT molecular complexity index is 2120. The molecule has 2 aliphatic carbocycles. The van der Waals surface area contributed by atoms with Crippen LogP contribution in [0.5, 0.6) is 0 Å². The third-order valence-corrected chi connectivity index (χ3v) is 12.6. The normalized spacial score (nSPS) is 20.7. The van der Waals surface area contributed by atoms with Gasteiger partial charge in [-0.15, -0.1) is 0 Å². The molecule has 0 spiro atoms. The van der Waals surface area contributed by atoms with Crippen molar-refractivity contribution >= 4 is 24.4 Å². The summed E-state index contributed by atoms with van der Waals surface area (Å²) < 4.78 is 8.47. The first-order valence-corrected chi connectivity index (χ1v) is 21.8. The van der Waals surface area contributed by atoms with E-state index in [1.54, 1.807) is 5.56 Å². The van der Waals surface area contributed by atoms with Crippen molar-refractivity contribution in [1.82, 2.24) is 40.4 Å². The van der Waals surface area contributed by atoms with E-state index in [2.05, 4.69) is 97.2 Å². The van der Waals surface area contributed by atoms with Gasteiger partial charge >= 0.3 is 12.2 Å². The molecule has 1 saturated carbocycles. The molecule has 328 valence electrons. The number of aldehydes is 1. The maximum absolute atomic E-state index is 13.0. The van der Waals surface area contributed by atoms with Crippen molar-refractivity contribution in [3.05, 3.63) is 71.6 Å². The molecule has 4 aromatic rings. The van der Waals surface area contributed by atoms with Crippen LogP contribution in [0.1, 0.15) is 126 Å². The molecule has 5 atom stereocenters. The Labute approximate surface area is 360 Å². The van der Waals surface area contributed by atoms with Crippen LogP contribution < -0.4 is 10.6 Å². The van der Waals surface area contributed by atoms with Gasteiger partial charge in [-0.25, -0.2) is 19.6 Å². The number of aromatic nitrogens is 4. The second kappa shape index (κ2) is 20.4. The van der Waals surface area contributed by atoms with Crippen LogP contribution in [-0.4, -0.2) is 102 Å². The number of aromatic amines is 2. The Morgan fingerprint density at radius 3 is 1.93 bits per heavy atom. The predicted octanol–water partition coefficient (Wildman–Crippen LogP) is 8.51. The molecule has 4 N–H and O–H groups in total. The molecule has 4 unspecified atom stereocenters. The van der Waals surface area contributed by atoms with E-state index in [-0.39, 0.29) is 17.9 Å². The molecule has 2 aliphatic heterocycles. The summed E-state index contributed by atoms with van der Waals surface area (Å²) in [6.45, 7) is 9.89. The number of rotatable bonds is 10. The number of imidazole rings is 2. The predicted molar refractivity (Wildman–Crippen MR) is 236 cm³/mol. The van der Waals surface area contributed by atoms with Crippen LogP contribution in [0.15, 0.2) is 48.8 Å². The number of likely N-dealkylation sites (tertiary alicyclic amines) is 2. The van der Waals surface area contributed by atoms with Crippen molar-refractivity contribution in [3.8, 4) is 33.6 Å². The number of methoxy groups -OCH3 is 2. The van der Waals surface area contributed by atoms with Crippen molar-refractivity contribution < 1.29 is 28.7 Å². The highest BCUT2D eigenvalue weighted by atomic mass is 16.5. The van der Waals surface area contributed by atoms with Gasteiger partial charge in [-0.05, 0) is 110 Å². The van der Waals surface area contributed by atoms with Crippen LogP contribution in [0.2, 0.25) is 0 Å². The number of nitrogens with one attached hydrogen (secondary N) is 4. The summed E-state index contributed by atoms with van der Waals surface area (Å²) in [5.41, 5.74) is 10.4. The van der Waals surface area contributed by atoms with Crippen molar-refractivity contribution in [2.24, 2.45) is 11.8 Å². The van der Waals surface area contributed by atoms with E-state index < -0.39 is 18.2 Å². The molecular weight excluding hydrogens is 773 g/mol. The third kappa shape index (κ3) is 10.3. The fourth-order valence-corrected chi connectivity index (χ4v) is 9.36. The molecule has 2 aromatic carbocycles. The monoisotopic (exact) mass is 836 g/mol. The van der Waals surface area contributed by atoms with Gasteiger partial charge in [0.2, 0.25) is 5.91 Å². The number of amides is 3. The van der Waals surface area contributed by atoms with E-state index in [4.69, 9.17) is 9.97 Å². The summed E-state index contributed by atoms with van der Waals surface area (Å²) in [5.74, 6) is 3.97. The second-order valence-electron chi connectivity index (χ2n) is 17.4. The zero-order valence-corrected chi connectivity index (χ0v) is 37.0. The zero-order chi connectivity index (χ0) is 43.8. The molecule has 2 bridgehead atoms. The van der Waals surface area contributed by atoms with E-state index in [1.165, 1.54) is 81.2 Å². The highest BCUT2D eigenvalue weighted by molar-refractivity contribution is 5.81. The van der Waals surface area contributed by atoms with E-state index in [0.717, 1.165) is 49.0 Å². The zero-order valence-electron chi connectivity index (χ0n) is 37.0. The summed E-state index contributed by atoms with van der Waals surface area (Å²) >= 11 is 0. The molecule has 4 aliphatic rings. The Morgan fingerprint density at radius 2 is 1.36 bits per heavy atom. The summed E-state index contributed by atoms with van der Waals surface area (Å²) in [6.07, 6.45) is 12.5. The summed E-state index contributed by atoms with van der Waals surface area (Å²) in [7, 11) is 6.28. The SMILES string of the molecule is CC(C)CC(=O)N1CCCC1c1ncc(-c2ccc(-c3ccc(-c4cnc([C@@H]5CCCN5C)[nH]4)cc3)c3c2C2CCC3C2)[nH]1.CNC(=O)OC.COC(=O)NC(C=O)C(C)C. The van der Waals surface area contributed by atoms with Gasteiger partial charge in [0, 0.05) is 25.6 Å². The van der Waals surface area contributed by atoms with Gasteiger partial charge in [0.25, 0.3) is 0 Å². The Balaban J connectivity index is 0.000000310. The minimum atomic E-state index is -0.573. The van der Waals surface area contributed by atoms with Gasteiger partial charge in [-0.3, -0.25) is 9.69 Å². The number of fused-ring (bicyclic) bond motifs is 5. The van der Waals surface area contributed by atoms with Crippen molar-refractivity contribution in [2.75, 3.05) is 41.4 Å². The molecule has 61 heavy (non-hydrogen) atoms. The molecule has 3 fully saturated rings. The number of carbonyl (C=O) groups is 4. The third-order valence-electron chi connectivity index (χ3n) is 12.6. The molecule has 3 amide bonds. The molecule has 14 nitrogen and oxygen atoms in total. The Hall–Kier alpha value is -5.50. The van der Waals surface area contributed by atoms with Crippen LogP contribution in [0.25, 0.3) is 33.6 Å². The van der Waals surface area contributed by atoms with Crippen LogP contribution >= 0.6 is 0 Å². The Morgan fingerprint density at radius 1 is 0.787 bits per heavy atom. The average molecular weight is 837 g/mol. The fraction of sp³-hybridized carbons (Fsp3) is 0.532. The summed E-state index contributed by atoms with van der Waals surface area (Å²) in [4.78, 5) is 65.1. The van der Waals surface area contributed by atoms with Crippen LogP contribution in [-0.2, 0) is 19.1 Å². The number of hydrogen-bond donors (Lipinski definition) is 4. The minimum absolute atomic E-state index is 0.0577. The van der Waals surface area contributed by atoms with Gasteiger partial charge in [0.05, 0.1) is 56.1 Å². The van der Waals surface area contributed by atoms with Gasteiger partial charge in [-0.1, -0.05) is 64.1 Å². The average Bonchev–Trinajstić information content (AvgIpc) is 4.13. The number of hydrogen-bond acceptors (Lipinski definition) is 9. The number of ether oxygens (including phenoxy) is 2. The first-order chi connectivity index (χ1) is 29.4. The standard InChI is InChI=1S/C37H44N6O.C7H13NO3.C3H7NO2/c1-22(2)18-33(44)43-17-5-7-32(43)37-39-21-30(41-37)28-15-14-27(34-25-12-13-26(19-25)35(28)34)23-8-10-24(11-9-23)29-20-38-36(40-29)31-6-4-16-42(31)3;1-5(2)6(4-9)8-7(10)11-3;1-4-3(5)6-2/h8-11,14-15,20-22,25-26,31-32H,4-7,12-13,16-19H2,1-3H3,(H,38,40)(H,39,41);4-6H,1-3H3,(H,8,10);1-2H3,(H,4,5)/t25?,26?,31-,32?;;/m0../s1.